The molecular weight excluding hydrogens is 415 g/mol. The van der Waals surface area contributed by atoms with E-state index in [0.717, 1.165) is 35.4 Å². The van der Waals surface area contributed by atoms with E-state index in [4.69, 9.17) is 11.6 Å². The van der Waals surface area contributed by atoms with E-state index in [2.05, 4.69) is 10.0 Å². The molecule has 0 bridgehead atoms. The molecule has 3 rings (SSSR count). The molecule has 150 valence electrons. The third-order valence-corrected chi connectivity index (χ3v) is 6.16. The Hall–Kier alpha value is -2.90. The molecule has 0 saturated heterocycles. The fraction of sp³-hybridized carbons (Fsp3) is 0.0952. The summed E-state index contributed by atoms with van der Waals surface area (Å²) in [7, 11) is -4.00. The Balaban J connectivity index is 1.87. The first-order valence-corrected chi connectivity index (χ1v) is 10.5. The van der Waals surface area contributed by atoms with Gasteiger partial charge in [-0.15, -0.1) is 0 Å². The lowest BCUT2D eigenvalue weighted by Crippen LogP contribution is -2.16. The van der Waals surface area contributed by atoms with Crippen molar-refractivity contribution in [2.45, 2.75) is 18.7 Å². The van der Waals surface area contributed by atoms with Gasteiger partial charge in [-0.1, -0.05) is 23.7 Å². The zero-order valence-corrected chi connectivity index (χ0v) is 17.2. The summed E-state index contributed by atoms with van der Waals surface area (Å²) in [6, 6.07) is 14.2. The van der Waals surface area contributed by atoms with Crippen LogP contribution in [-0.4, -0.2) is 14.3 Å². The number of carbonyl (C=O) groups is 1. The molecule has 1 amide bonds. The maximum atomic E-state index is 13.1. The molecule has 0 aliphatic carbocycles. The number of rotatable bonds is 5. The molecule has 0 saturated carbocycles. The van der Waals surface area contributed by atoms with Crippen LogP contribution in [0.1, 0.15) is 21.5 Å². The molecule has 29 heavy (non-hydrogen) atoms. The fourth-order valence-corrected chi connectivity index (χ4v) is 3.93. The first kappa shape index (κ1) is 20.8. The summed E-state index contributed by atoms with van der Waals surface area (Å²) in [5.41, 5.74) is 2.91. The molecule has 0 aromatic heterocycles. The molecule has 5 nitrogen and oxygen atoms in total. The number of halogens is 2. The summed E-state index contributed by atoms with van der Waals surface area (Å²) in [6.07, 6.45) is 0. The number of nitrogens with one attached hydrogen (secondary N) is 2. The lowest BCUT2D eigenvalue weighted by atomic mass is 10.1. The Labute approximate surface area is 173 Å². The number of anilines is 2. The number of amides is 1. The van der Waals surface area contributed by atoms with Crippen molar-refractivity contribution in [3.05, 3.63) is 88.2 Å². The number of benzene rings is 3. The van der Waals surface area contributed by atoms with Crippen molar-refractivity contribution in [3.8, 4) is 0 Å². The minimum atomic E-state index is -4.00. The fourth-order valence-electron chi connectivity index (χ4n) is 2.64. The van der Waals surface area contributed by atoms with Crippen LogP contribution in [-0.2, 0) is 10.0 Å². The molecule has 0 spiro atoms. The van der Waals surface area contributed by atoms with Gasteiger partial charge in [-0.05, 0) is 73.5 Å². The maximum Gasteiger partial charge on any atom is 0.261 e. The Kier molecular flexibility index (Phi) is 5.91. The van der Waals surface area contributed by atoms with Gasteiger partial charge in [0.15, 0.2) is 0 Å². The molecule has 3 aromatic rings. The SMILES string of the molecule is Cc1cccc(NC(=O)c2ccc(Cl)c(NS(=O)(=O)c3ccc(F)cc3)c2)c1C. The van der Waals surface area contributed by atoms with E-state index in [9.17, 15) is 17.6 Å². The van der Waals surface area contributed by atoms with Gasteiger partial charge in [0.2, 0.25) is 0 Å². The first-order chi connectivity index (χ1) is 13.7. The van der Waals surface area contributed by atoms with Crippen LogP contribution in [0.5, 0.6) is 0 Å². The highest BCUT2D eigenvalue weighted by Gasteiger charge is 2.18. The quantitative estimate of drug-likeness (QED) is 0.585. The average Bonchev–Trinajstić information content (AvgIpc) is 2.67. The molecular formula is C21H18ClFN2O3S. The third kappa shape index (κ3) is 4.75. The van der Waals surface area contributed by atoms with Crippen LogP contribution in [0.3, 0.4) is 0 Å². The lowest BCUT2D eigenvalue weighted by molar-refractivity contribution is 0.102. The normalized spacial score (nSPS) is 11.2. The Bertz CT molecular complexity index is 1180. The van der Waals surface area contributed by atoms with Crippen molar-refractivity contribution in [2.24, 2.45) is 0 Å². The van der Waals surface area contributed by atoms with Gasteiger partial charge >= 0.3 is 0 Å². The molecule has 0 unspecified atom stereocenters. The third-order valence-electron chi connectivity index (χ3n) is 4.45. The summed E-state index contributed by atoms with van der Waals surface area (Å²) >= 11 is 6.11. The highest BCUT2D eigenvalue weighted by molar-refractivity contribution is 7.92. The van der Waals surface area contributed by atoms with Gasteiger partial charge in [0.25, 0.3) is 15.9 Å². The first-order valence-electron chi connectivity index (χ1n) is 8.63. The summed E-state index contributed by atoms with van der Waals surface area (Å²) in [5.74, 6) is -0.954. The Morgan fingerprint density at radius 1 is 0.966 bits per heavy atom. The van der Waals surface area contributed by atoms with E-state index in [1.807, 2.05) is 26.0 Å². The van der Waals surface area contributed by atoms with Gasteiger partial charge < -0.3 is 5.32 Å². The predicted octanol–water partition coefficient (Wildman–Crippen LogP) is 5.15. The number of hydrogen-bond acceptors (Lipinski definition) is 3. The number of carbonyl (C=O) groups excluding carboxylic acids is 1. The monoisotopic (exact) mass is 432 g/mol. The Morgan fingerprint density at radius 2 is 1.66 bits per heavy atom. The molecule has 0 fully saturated rings. The maximum absolute atomic E-state index is 13.1. The smallest absolute Gasteiger partial charge is 0.261 e. The molecule has 2 N–H and O–H groups in total. The van der Waals surface area contributed by atoms with Crippen LogP contribution in [0.4, 0.5) is 15.8 Å². The molecule has 8 heteroatoms. The van der Waals surface area contributed by atoms with Gasteiger partial charge in [-0.2, -0.15) is 0 Å². The minimum Gasteiger partial charge on any atom is -0.322 e. The van der Waals surface area contributed by atoms with Crippen LogP contribution in [0.15, 0.2) is 65.6 Å². The van der Waals surface area contributed by atoms with Gasteiger partial charge in [0.05, 0.1) is 15.6 Å². The van der Waals surface area contributed by atoms with E-state index in [-0.39, 0.29) is 21.2 Å². The van der Waals surface area contributed by atoms with E-state index in [1.165, 1.54) is 18.2 Å². The number of hydrogen-bond donors (Lipinski definition) is 2. The number of aryl methyl sites for hydroxylation is 1. The second kappa shape index (κ2) is 8.23. The molecule has 0 aliphatic heterocycles. The van der Waals surface area contributed by atoms with Crippen molar-refractivity contribution in [3.63, 3.8) is 0 Å². The van der Waals surface area contributed by atoms with E-state index in [0.29, 0.717) is 5.69 Å². The van der Waals surface area contributed by atoms with Crippen molar-refractivity contribution < 1.29 is 17.6 Å². The van der Waals surface area contributed by atoms with Gasteiger partial charge in [0.1, 0.15) is 5.82 Å². The van der Waals surface area contributed by atoms with Gasteiger partial charge in [-0.3, -0.25) is 9.52 Å². The van der Waals surface area contributed by atoms with E-state index in [1.54, 1.807) is 6.07 Å². The van der Waals surface area contributed by atoms with Crippen LogP contribution in [0, 0.1) is 19.7 Å². The second-order valence-electron chi connectivity index (χ2n) is 6.46. The van der Waals surface area contributed by atoms with E-state index < -0.39 is 21.7 Å². The summed E-state index contributed by atoms with van der Waals surface area (Å²) in [6.45, 7) is 3.84. The zero-order valence-electron chi connectivity index (χ0n) is 15.7. The molecule has 0 radical (unpaired) electrons. The Morgan fingerprint density at radius 3 is 2.34 bits per heavy atom. The highest BCUT2D eigenvalue weighted by Crippen LogP contribution is 2.27. The summed E-state index contributed by atoms with van der Waals surface area (Å²) in [4.78, 5) is 12.5. The molecule has 0 aliphatic rings. The van der Waals surface area contributed by atoms with Crippen LogP contribution >= 0.6 is 11.6 Å². The summed E-state index contributed by atoms with van der Waals surface area (Å²) < 4.78 is 40.5. The molecule has 3 aromatic carbocycles. The van der Waals surface area contributed by atoms with Gasteiger partial charge in [-0.25, -0.2) is 12.8 Å². The predicted molar refractivity (Wildman–Crippen MR) is 113 cm³/mol. The van der Waals surface area contributed by atoms with Crippen molar-refractivity contribution in [2.75, 3.05) is 10.0 Å². The van der Waals surface area contributed by atoms with E-state index >= 15 is 0 Å². The largest absolute Gasteiger partial charge is 0.322 e. The lowest BCUT2D eigenvalue weighted by Gasteiger charge is -2.13. The average molecular weight is 433 g/mol. The van der Waals surface area contributed by atoms with Crippen molar-refractivity contribution in [1.82, 2.24) is 0 Å². The zero-order chi connectivity index (χ0) is 21.2. The highest BCUT2D eigenvalue weighted by atomic mass is 35.5. The van der Waals surface area contributed by atoms with Crippen molar-refractivity contribution >= 4 is 38.9 Å². The standard InChI is InChI=1S/C21H18ClFN2O3S/c1-13-4-3-5-19(14(13)2)24-21(26)15-6-11-18(22)20(12-15)25-29(27,28)17-9-7-16(23)8-10-17/h3-12,25H,1-2H3,(H,24,26). The van der Waals surface area contributed by atoms with Crippen molar-refractivity contribution in [1.29, 1.82) is 0 Å². The number of sulfonamides is 1. The summed E-state index contributed by atoms with van der Waals surface area (Å²) in [5, 5.41) is 2.94. The van der Waals surface area contributed by atoms with Crippen LogP contribution in [0.25, 0.3) is 0 Å². The van der Waals surface area contributed by atoms with Crippen LogP contribution in [0.2, 0.25) is 5.02 Å². The topological polar surface area (TPSA) is 75.3 Å². The van der Waals surface area contributed by atoms with Crippen LogP contribution < -0.4 is 10.0 Å². The molecule has 0 atom stereocenters. The van der Waals surface area contributed by atoms with Gasteiger partial charge in [0, 0.05) is 11.3 Å². The minimum absolute atomic E-state index is 0.0459. The second-order valence-corrected chi connectivity index (χ2v) is 8.55. The molecule has 0 heterocycles.